The highest BCUT2D eigenvalue weighted by molar-refractivity contribution is 5.78. The molecular weight excluding hydrogens is 308 g/mol. The van der Waals surface area contributed by atoms with Crippen LogP contribution in [0.15, 0.2) is 54.9 Å². The number of pyridine rings is 1. The zero-order valence-electron chi connectivity index (χ0n) is 13.6. The van der Waals surface area contributed by atoms with E-state index in [1.54, 1.807) is 35.5 Å². The molecule has 2 aromatic rings. The molecule has 0 unspecified atom stereocenters. The van der Waals surface area contributed by atoms with Gasteiger partial charge in [-0.1, -0.05) is 24.3 Å². The van der Waals surface area contributed by atoms with E-state index in [0.29, 0.717) is 12.3 Å². The zero-order chi connectivity index (χ0) is 17.2. The van der Waals surface area contributed by atoms with Crippen LogP contribution in [0.4, 0.5) is 0 Å². The van der Waals surface area contributed by atoms with Crippen LogP contribution in [-0.2, 0) is 20.9 Å². The molecule has 0 aliphatic heterocycles. The minimum absolute atomic E-state index is 0.0918. The fourth-order valence-corrected chi connectivity index (χ4v) is 2.09. The fraction of sp³-hybridized carbons (Fsp3) is 0.278. The first-order chi connectivity index (χ1) is 11.7. The first kappa shape index (κ1) is 17.5. The van der Waals surface area contributed by atoms with Crippen molar-refractivity contribution in [2.45, 2.75) is 13.0 Å². The normalized spacial score (nSPS) is 10.0. The predicted octanol–water partition coefficient (Wildman–Crippen LogP) is 2.05. The van der Waals surface area contributed by atoms with Crippen LogP contribution in [0.5, 0.6) is 5.75 Å². The molecule has 126 valence electrons. The first-order valence-electron chi connectivity index (χ1n) is 7.60. The predicted molar refractivity (Wildman–Crippen MR) is 88.2 cm³/mol. The summed E-state index contributed by atoms with van der Waals surface area (Å²) in [5, 5.41) is 0. The van der Waals surface area contributed by atoms with Gasteiger partial charge in [-0.05, 0) is 23.8 Å². The number of para-hydroxylation sites is 1. The van der Waals surface area contributed by atoms with Crippen molar-refractivity contribution in [1.82, 2.24) is 9.88 Å². The van der Waals surface area contributed by atoms with Gasteiger partial charge < -0.3 is 14.4 Å². The molecule has 6 nitrogen and oxygen atoms in total. The van der Waals surface area contributed by atoms with Gasteiger partial charge in [0, 0.05) is 25.5 Å². The Hall–Kier alpha value is -2.89. The van der Waals surface area contributed by atoms with Gasteiger partial charge in [0.25, 0.3) is 5.91 Å². The Labute approximate surface area is 141 Å². The van der Waals surface area contributed by atoms with Crippen LogP contribution in [0.1, 0.15) is 12.0 Å². The Morgan fingerprint density at radius 3 is 2.58 bits per heavy atom. The SMILES string of the molecule is COC(=O)CCN(Cc1cccnc1)C(=O)COc1ccccc1. The van der Waals surface area contributed by atoms with Crippen LogP contribution in [0.3, 0.4) is 0 Å². The highest BCUT2D eigenvalue weighted by atomic mass is 16.5. The molecule has 0 spiro atoms. The second kappa shape index (κ2) is 9.29. The van der Waals surface area contributed by atoms with E-state index < -0.39 is 0 Å². The van der Waals surface area contributed by atoms with Gasteiger partial charge in [-0.25, -0.2) is 0 Å². The largest absolute Gasteiger partial charge is 0.484 e. The first-order valence-corrected chi connectivity index (χ1v) is 7.60. The third-order valence-corrected chi connectivity index (χ3v) is 3.37. The van der Waals surface area contributed by atoms with E-state index in [1.165, 1.54) is 7.11 Å². The van der Waals surface area contributed by atoms with E-state index in [4.69, 9.17) is 4.74 Å². The van der Waals surface area contributed by atoms with Crippen molar-refractivity contribution in [3.05, 3.63) is 60.4 Å². The molecule has 0 fully saturated rings. The lowest BCUT2D eigenvalue weighted by Crippen LogP contribution is -2.36. The van der Waals surface area contributed by atoms with Gasteiger partial charge in [0.05, 0.1) is 13.5 Å². The summed E-state index contributed by atoms with van der Waals surface area (Å²) in [7, 11) is 1.33. The van der Waals surface area contributed by atoms with Crippen LogP contribution in [-0.4, -0.2) is 42.0 Å². The highest BCUT2D eigenvalue weighted by Crippen LogP contribution is 2.10. The Balaban J connectivity index is 1.97. The molecule has 1 heterocycles. The number of rotatable bonds is 8. The number of esters is 1. The van der Waals surface area contributed by atoms with E-state index in [9.17, 15) is 9.59 Å². The van der Waals surface area contributed by atoms with Crippen molar-refractivity contribution in [3.8, 4) is 5.75 Å². The van der Waals surface area contributed by atoms with Crippen molar-refractivity contribution < 1.29 is 19.1 Å². The third kappa shape index (κ3) is 5.72. The summed E-state index contributed by atoms with van der Waals surface area (Å²) >= 11 is 0. The molecule has 0 saturated heterocycles. The number of amides is 1. The maximum atomic E-state index is 12.5. The molecule has 1 aromatic carbocycles. The average molecular weight is 328 g/mol. The second-order valence-electron chi connectivity index (χ2n) is 5.10. The molecule has 1 amide bonds. The van der Waals surface area contributed by atoms with Crippen LogP contribution >= 0.6 is 0 Å². The van der Waals surface area contributed by atoms with Crippen molar-refractivity contribution in [3.63, 3.8) is 0 Å². The average Bonchev–Trinajstić information content (AvgIpc) is 2.64. The summed E-state index contributed by atoms with van der Waals surface area (Å²) in [5.41, 5.74) is 0.885. The summed E-state index contributed by atoms with van der Waals surface area (Å²) in [6.45, 7) is 0.534. The molecular formula is C18H20N2O4. The monoisotopic (exact) mass is 328 g/mol. The van der Waals surface area contributed by atoms with Crippen molar-refractivity contribution >= 4 is 11.9 Å². The van der Waals surface area contributed by atoms with Gasteiger partial charge >= 0.3 is 5.97 Å². The minimum Gasteiger partial charge on any atom is -0.484 e. The molecule has 0 aliphatic rings. The maximum absolute atomic E-state index is 12.5. The molecule has 0 aliphatic carbocycles. The number of carbonyl (C=O) groups is 2. The van der Waals surface area contributed by atoms with Gasteiger partial charge in [0.2, 0.25) is 0 Å². The van der Waals surface area contributed by atoms with Crippen molar-refractivity contribution in [1.29, 1.82) is 0 Å². The lowest BCUT2D eigenvalue weighted by atomic mass is 10.2. The minimum atomic E-state index is -0.358. The van der Waals surface area contributed by atoms with Gasteiger partial charge in [-0.3, -0.25) is 14.6 Å². The van der Waals surface area contributed by atoms with Crippen LogP contribution in [0, 0.1) is 0 Å². The number of aromatic nitrogens is 1. The maximum Gasteiger partial charge on any atom is 0.307 e. The number of benzene rings is 1. The summed E-state index contributed by atoms with van der Waals surface area (Å²) in [6, 6.07) is 12.8. The molecule has 0 N–H and O–H groups in total. The number of hydrogen-bond acceptors (Lipinski definition) is 5. The van der Waals surface area contributed by atoms with Gasteiger partial charge in [0.1, 0.15) is 5.75 Å². The Morgan fingerprint density at radius 1 is 1.12 bits per heavy atom. The van der Waals surface area contributed by atoms with Crippen LogP contribution in [0.2, 0.25) is 0 Å². The molecule has 1 aromatic heterocycles. The Morgan fingerprint density at radius 2 is 1.92 bits per heavy atom. The van der Waals surface area contributed by atoms with E-state index in [1.807, 2.05) is 24.3 Å². The number of hydrogen-bond donors (Lipinski definition) is 0. The summed E-state index contributed by atoms with van der Waals surface area (Å²) in [5.74, 6) is 0.0646. The number of carbonyl (C=O) groups excluding carboxylic acids is 2. The van der Waals surface area contributed by atoms with Crippen molar-refractivity contribution in [2.75, 3.05) is 20.3 Å². The summed E-state index contributed by atoms with van der Waals surface area (Å²) < 4.78 is 10.1. The summed E-state index contributed by atoms with van der Waals surface area (Å²) in [6.07, 6.45) is 3.49. The third-order valence-electron chi connectivity index (χ3n) is 3.37. The van der Waals surface area contributed by atoms with E-state index in [2.05, 4.69) is 9.72 Å². The number of nitrogens with zero attached hydrogens (tertiary/aromatic N) is 2. The lowest BCUT2D eigenvalue weighted by molar-refractivity contribution is -0.142. The zero-order valence-corrected chi connectivity index (χ0v) is 13.6. The topological polar surface area (TPSA) is 68.7 Å². The molecule has 2 rings (SSSR count). The standard InChI is InChI=1S/C18H20N2O4/c1-23-18(22)9-11-20(13-15-6-5-10-19-12-15)17(21)14-24-16-7-3-2-4-8-16/h2-8,10,12H,9,11,13-14H2,1H3. The highest BCUT2D eigenvalue weighted by Gasteiger charge is 2.16. The fourth-order valence-electron chi connectivity index (χ4n) is 2.09. The molecule has 0 bridgehead atoms. The molecule has 0 atom stereocenters. The van der Waals surface area contributed by atoms with E-state index in [-0.39, 0.29) is 31.4 Å². The Bertz CT molecular complexity index is 647. The van der Waals surface area contributed by atoms with Gasteiger partial charge in [-0.15, -0.1) is 0 Å². The molecule has 0 radical (unpaired) electrons. The lowest BCUT2D eigenvalue weighted by Gasteiger charge is -2.22. The number of methoxy groups -OCH3 is 1. The van der Waals surface area contributed by atoms with Crippen LogP contribution in [0.25, 0.3) is 0 Å². The smallest absolute Gasteiger partial charge is 0.307 e. The van der Waals surface area contributed by atoms with E-state index >= 15 is 0 Å². The molecule has 6 heteroatoms. The summed E-state index contributed by atoms with van der Waals surface area (Å²) in [4.78, 5) is 29.4. The Kier molecular flexibility index (Phi) is 6.76. The second-order valence-corrected chi connectivity index (χ2v) is 5.10. The molecule has 0 saturated carbocycles. The van der Waals surface area contributed by atoms with Crippen LogP contribution < -0.4 is 4.74 Å². The quantitative estimate of drug-likeness (QED) is 0.694. The van der Waals surface area contributed by atoms with Gasteiger partial charge in [-0.2, -0.15) is 0 Å². The van der Waals surface area contributed by atoms with Gasteiger partial charge in [0.15, 0.2) is 6.61 Å². The molecule has 24 heavy (non-hydrogen) atoms. The van der Waals surface area contributed by atoms with E-state index in [0.717, 1.165) is 5.56 Å². The van der Waals surface area contributed by atoms with Crippen molar-refractivity contribution in [2.24, 2.45) is 0 Å². The number of ether oxygens (including phenoxy) is 2.